The van der Waals surface area contributed by atoms with E-state index in [0.29, 0.717) is 31.3 Å². The quantitative estimate of drug-likeness (QED) is 0.913. The lowest BCUT2D eigenvalue weighted by molar-refractivity contribution is 0.165. The van der Waals surface area contributed by atoms with Crippen molar-refractivity contribution in [3.63, 3.8) is 0 Å². The highest BCUT2D eigenvalue weighted by Gasteiger charge is 2.18. The van der Waals surface area contributed by atoms with Crippen LogP contribution in [0.1, 0.15) is 5.56 Å². The molecular weight excluding hydrogens is 244 g/mol. The number of nitrogens with zero attached hydrogens (tertiary/aromatic N) is 1. The lowest BCUT2D eigenvalue weighted by Gasteiger charge is -2.21. The van der Waals surface area contributed by atoms with Crippen molar-refractivity contribution in [1.82, 2.24) is 4.68 Å². The molecule has 0 unspecified atom stereocenters. The molecule has 0 bridgehead atoms. The van der Waals surface area contributed by atoms with Crippen molar-refractivity contribution in [1.29, 1.82) is 0 Å². The van der Waals surface area contributed by atoms with E-state index in [1.54, 1.807) is 7.11 Å². The Balaban J connectivity index is 1.81. The Kier molecular flexibility index (Phi) is 3.18. The van der Waals surface area contributed by atoms with E-state index in [0.717, 1.165) is 11.3 Å². The van der Waals surface area contributed by atoms with Crippen LogP contribution in [0.3, 0.4) is 0 Å². The topological polar surface area (TPSA) is 44.7 Å². The molecule has 0 spiro atoms. The number of fused-ring (bicyclic) bond motifs is 1. The van der Waals surface area contributed by atoms with Gasteiger partial charge in [0.2, 0.25) is 5.75 Å². The second kappa shape index (κ2) is 5.14. The Morgan fingerprint density at radius 1 is 1.21 bits per heavy atom. The van der Waals surface area contributed by atoms with Crippen molar-refractivity contribution < 1.29 is 14.2 Å². The van der Waals surface area contributed by atoms with E-state index in [2.05, 4.69) is 5.43 Å². The summed E-state index contributed by atoms with van der Waals surface area (Å²) in [4.78, 5) is 0. The molecule has 0 saturated heterocycles. The first kappa shape index (κ1) is 11.8. The van der Waals surface area contributed by atoms with Crippen LogP contribution < -0.4 is 19.6 Å². The average Bonchev–Trinajstić information content (AvgIpc) is 2.97. The predicted molar refractivity (Wildman–Crippen MR) is 71.5 cm³/mol. The van der Waals surface area contributed by atoms with Crippen molar-refractivity contribution in [2.45, 2.75) is 6.54 Å². The first-order chi connectivity index (χ1) is 9.36. The second-order valence-electron chi connectivity index (χ2n) is 4.25. The minimum absolute atomic E-state index is 0.560. The monoisotopic (exact) mass is 260 g/mol. The Hall–Kier alpha value is -2.30. The fourth-order valence-electron chi connectivity index (χ4n) is 2.05. The lowest BCUT2D eigenvalue weighted by Crippen LogP contribution is -2.17. The van der Waals surface area contributed by atoms with Gasteiger partial charge < -0.3 is 19.6 Å². The van der Waals surface area contributed by atoms with Crippen LogP contribution in [0.15, 0.2) is 36.7 Å². The van der Waals surface area contributed by atoms with Gasteiger partial charge in [0.1, 0.15) is 13.2 Å². The Morgan fingerprint density at radius 3 is 2.79 bits per heavy atom. The van der Waals surface area contributed by atoms with Gasteiger partial charge >= 0.3 is 0 Å². The first-order valence-electron chi connectivity index (χ1n) is 6.20. The molecule has 0 fully saturated rings. The minimum Gasteiger partial charge on any atom is -0.493 e. The predicted octanol–water partition coefficient (Wildman–Crippen LogP) is 2.01. The van der Waals surface area contributed by atoms with Gasteiger partial charge in [0, 0.05) is 12.4 Å². The number of benzene rings is 1. The molecule has 0 amide bonds. The number of nitrogens with one attached hydrogen (secondary N) is 1. The third-order valence-corrected chi connectivity index (χ3v) is 2.96. The summed E-state index contributed by atoms with van der Waals surface area (Å²) in [5, 5.41) is 0. The smallest absolute Gasteiger partial charge is 0.203 e. The van der Waals surface area contributed by atoms with Crippen LogP contribution in [0.5, 0.6) is 17.2 Å². The van der Waals surface area contributed by atoms with Crippen molar-refractivity contribution in [3.8, 4) is 17.2 Å². The fraction of sp³-hybridized carbons (Fsp3) is 0.286. The molecule has 5 heteroatoms. The van der Waals surface area contributed by atoms with E-state index in [-0.39, 0.29) is 0 Å². The maximum Gasteiger partial charge on any atom is 0.203 e. The van der Waals surface area contributed by atoms with Gasteiger partial charge in [0.25, 0.3) is 0 Å². The molecule has 3 rings (SSSR count). The van der Waals surface area contributed by atoms with Gasteiger partial charge in [-0.2, -0.15) is 0 Å². The largest absolute Gasteiger partial charge is 0.493 e. The molecule has 0 radical (unpaired) electrons. The zero-order valence-electron chi connectivity index (χ0n) is 10.8. The van der Waals surface area contributed by atoms with Crippen molar-refractivity contribution in [3.05, 3.63) is 42.2 Å². The van der Waals surface area contributed by atoms with E-state index in [1.165, 1.54) is 0 Å². The number of aromatic nitrogens is 1. The number of ether oxygens (including phenoxy) is 3. The highest BCUT2D eigenvalue weighted by molar-refractivity contribution is 5.54. The van der Waals surface area contributed by atoms with Crippen LogP contribution in [-0.2, 0) is 6.54 Å². The molecule has 0 aliphatic carbocycles. The van der Waals surface area contributed by atoms with Crippen LogP contribution in [0, 0.1) is 0 Å². The Bertz CT molecular complexity index is 535. The van der Waals surface area contributed by atoms with Crippen LogP contribution in [0.2, 0.25) is 0 Å². The summed E-state index contributed by atoms with van der Waals surface area (Å²) < 4.78 is 18.4. The van der Waals surface area contributed by atoms with Crippen LogP contribution >= 0.6 is 0 Å². The molecule has 1 N–H and O–H groups in total. The van der Waals surface area contributed by atoms with Crippen molar-refractivity contribution in [2.75, 3.05) is 25.7 Å². The summed E-state index contributed by atoms with van der Waals surface area (Å²) in [6, 6.07) is 7.88. The molecule has 5 nitrogen and oxygen atoms in total. The summed E-state index contributed by atoms with van der Waals surface area (Å²) in [7, 11) is 1.64. The summed E-state index contributed by atoms with van der Waals surface area (Å²) in [6.45, 7) is 1.82. The lowest BCUT2D eigenvalue weighted by atomic mass is 10.1. The van der Waals surface area contributed by atoms with Gasteiger partial charge in [-0.3, -0.25) is 4.68 Å². The van der Waals surface area contributed by atoms with E-state index in [9.17, 15) is 0 Å². The normalized spacial score (nSPS) is 13.1. The molecule has 1 aliphatic rings. The van der Waals surface area contributed by atoms with Crippen molar-refractivity contribution >= 4 is 0 Å². The minimum atomic E-state index is 0.560. The number of methoxy groups -OCH3 is 1. The molecule has 2 heterocycles. The molecule has 2 aromatic rings. The molecule has 19 heavy (non-hydrogen) atoms. The van der Waals surface area contributed by atoms with Gasteiger partial charge in [0.05, 0.1) is 13.7 Å². The van der Waals surface area contributed by atoms with E-state index in [4.69, 9.17) is 14.2 Å². The molecule has 0 atom stereocenters. The molecule has 1 aromatic carbocycles. The highest BCUT2D eigenvalue weighted by atomic mass is 16.6. The van der Waals surface area contributed by atoms with Crippen LogP contribution in [-0.4, -0.2) is 25.0 Å². The fourth-order valence-corrected chi connectivity index (χ4v) is 2.05. The first-order valence-corrected chi connectivity index (χ1v) is 6.20. The van der Waals surface area contributed by atoms with Crippen LogP contribution in [0.4, 0.5) is 0 Å². The Labute approximate surface area is 111 Å². The summed E-state index contributed by atoms with van der Waals surface area (Å²) in [6.07, 6.45) is 3.91. The van der Waals surface area contributed by atoms with Crippen LogP contribution in [0.25, 0.3) is 0 Å². The molecule has 1 aliphatic heterocycles. The number of hydrogen-bond donors (Lipinski definition) is 1. The van der Waals surface area contributed by atoms with Crippen molar-refractivity contribution in [2.24, 2.45) is 0 Å². The molecule has 100 valence electrons. The summed E-state index contributed by atoms with van der Waals surface area (Å²) >= 11 is 0. The standard InChI is InChI=1S/C14H16N2O3/c1-17-12-8-11(10-15-16-4-2-3-5-16)9-13-14(12)19-7-6-18-13/h2-5,8-9,15H,6-7,10H2,1H3. The third kappa shape index (κ3) is 2.45. The van der Waals surface area contributed by atoms with E-state index in [1.807, 2.05) is 41.3 Å². The highest BCUT2D eigenvalue weighted by Crippen LogP contribution is 2.40. The van der Waals surface area contributed by atoms with Gasteiger partial charge in [-0.15, -0.1) is 0 Å². The molecular formula is C14H16N2O3. The van der Waals surface area contributed by atoms with Gasteiger partial charge in [0.15, 0.2) is 11.5 Å². The van der Waals surface area contributed by atoms with Gasteiger partial charge in [-0.05, 0) is 29.8 Å². The number of hydrogen-bond acceptors (Lipinski definition) is 4. The average molecular weight is 260 g/mol. The maximum absolute atomic E-state index is 5.60. The van der Waals surface area contributed by atoms with E-state index < -0.39 is 0 Å². The second-order valence-corrected chi connectivity index (χ2v) is 4.25. The van der Waals surface area contributed by atoms with E-state index >= 15 is 0 Å². The SMILES string of the molecule is COc1cc(CNn2cccc2)cc2c1OCCO2. The Morgan fingerprint density at radius 2 is 2.00 bits per heavy atom. The third-order valence-electron chi connectivity index (χ3n) is 2.96. The van der Waals surface area contributed by atoms with Gasteiger partial charge in [-0.25, -0.2) is 0 Å². The van der Waals surface area contributed by atoms with Gasteiger partial charge in [-0.1, -0.05) is 0 Å². The molecule has 1 aromatic heterocycles. The zero-order valence-corrected chi connectivity index (χ0v) is 10.8. The molecule has 0 saturated carbocycles. The summed E-state index contributed by atoms with van der Waals surface area (Å²) in [5.41, 5.74) is 4.34. The number of rotatable bonds is 4. The maximum atomic E-state index is 5.60. The zero-order chi connectivity index (χ0) is 13.1. The summed E-state index contributed by atoms with van der Waals surface area (Å²) in [5.74, 6) is 2.15.